The lowest BCUT2D eigenvalue weighted by Crippen LogP contribution is -2.35. The molecule has 0 amide bonds. The molecule has 3 aromatic rings. The number of hydrogen-bond donors (Lipinski definition) is 1. The van der Waals surface area contributed by atoms with Crippen LogP contribution in [0.1, 0.15) is 37.8 Å². The van der Waals surface area contributed by atoms with Gasteiger partial charge in [-0.15, -0.1) is 0 Å². The van der Waals surface area contributed by atoms with Crippen molar-refractivity contribution in [3.8, 4) is 11.3 Å². The number of aliphatic hydroxyl groups excluding tert-OH is 1. The Morgan fingerprint density at radius 2 is 1.74 bits per heavy atom. The zero-order valence-corrected chi connectivity index (χ0v) is 20.7. The van der Waals surface area contributed by atoms with E-state index in [-0.39, 0.29) is 12.4 Å². The zero-order valence-electron chi connectivity index (χ0n) is 20.7. The molecule has 1 unspecified atom stereocenters. The molecule has 35 heavy (non-hydrogen) atoms. The van der Waals surface area contributed by atoms with E-state index in [2.05, 4.69) is 28.8 Å². The summed E-state index contributed by atoms with van der Waals surface area (Å²) in [5, 5.41) is 15.2. The summed E-state index contributed by atoms with van der Waals surface area (Å²) in [7, 11) is 0. The first-order valence-corrected chi connectivity index (χ1v) is 12.5. The molecule has 7 heteroatoms. The molecule has 0 spiro atoms. The van der Waals surface area contributed by atoms with Crippen LogP contribution in [-0.4, -0.2) is 54.1 Å². The standard InChI is InChI=1S/C28H36FN3O3/c1-21(2)19-34-20-25(33)17-31(16-22-10-12-24(29)13-11-22)18-26-27(23-8-4-3-5-9-23)30-35-28(26)32-14-6-7-15-32/h3-5,8-13,21,25,33H,6-7,14-20H2,1-2H3. The Kier molecular flexibility index (Phi) is 8.90. The van der Waals surface area contributed by atoms with E-state index in [1.165, 1.54) is 12.1 Å². The Balaban J connectivity index is 1.60. The Bertz CT molecular complexity index is 1030. The van der Waals surface area contributed by atoms with Gasteiger partial charge in [0.2, 0.25) is 5.88 Å². The van der Waals surface area contributed by atoms with Crippen molar-refractivity contribution in [2.75, 3.05) is 37.7 Å². The minimum absolute atomic E-state index is 0.260. The van der Waals surface area contributed by atoms with Gasteiger partial charge in [0.25, 0.3) is 0 Å². The SMILES string of the molecule is CC(C)COCC(O)CN(Cc1ccc(F)cc1)Cc1c(-c2ccccc2)noc1N1CCCC1. The van der Waals surface area contributed by atoms with Crippen LogP contribution in [0.5, 0.6) is 0 Å². The number of benzene rings is 2. The molecule has 4 rings (SSSR count). The van der Waals surface area contributed by atoms with Gasteiger partial charge in [0.05, 0.1) is 18.3 Å². The molecule has 0 aliphatic carbocycles. The first kappa shape index (κ1) is 25.4. The van der Waals surface area contributed by atoms with Gasteiger partial charge in [-0.2, -0.15) is 0 Å². The summed E-state index contributed by atoms with van der Waals surface area (Å²) in [4.78, 5) is 4.42. The molecule has 2 heterocycles. The van der Waals surface area contributed by atoms with Crippen LogP contribution in [0.4, 0.5) is 10.3 Å². The largest absolute Gasteiger partial charge is 0.389 e. The van der Waals surface area contributed by atoms with Crippen molar-refractivity contribution in [3.05, 3.63) is 71.5 Å². The predicted molar refractivity (Wildman–Crippen MR) is 136 cm³/mol. The Labute approximate surface area is 207 Å². The lowest BCUT2D eigenvalue weighted by atomic mass is 10.1. The van der Waals surface area contributed by atoms with Gasteiger partial charge in [0.15, 0.2) is 0 Å². The molecule has 1 aliphatic heterocycles. The van der Waals surface area contributed by atoms with Gasteiger partial charge in [0.1, 0.15) is 11.5 Å². The summed E-state index contributed by atoms with van der Waals surface area (Å²) in [5.74, 6) is 0.950. The van der Waals surface area contributed by atoms with Crippen molar-refractivity contribution in [3.63, 3.8) is 0 Å². The van der Waals surface area contributed by atoms with Gasteiger partial charge in [-0.25, -0.2) is 4.39 Å². The molecule has 1 aromatic heterocycles. The second kappa shape index (κ2) is 12.3. The van der Waals surface area contributed by atoms with Crippen LogP contribution in [0.2, 0.25) is 0 Å². The number of ether oxygens (including phenoxy) is 1. The monoisotopic (exact) mass is 481 g/mol. The number of rotatable bonds is 12. The second-order valence-electron chi connectivity index (χ2n) is 9.76. The highest BCUT2D eigenvalue weighted by Gasteiger charge is 2.27. The fourth-order valence-electron chi connectivity index (χ4n) is 4.48. The average Bonchev–Trinajstić information content (AvgIpc) is 3.51. The van der Waals surface area contributed by atoms with Crippen LogP contribution in [0.3, 0.4) is 0 Å². The van der Waals surface area contributed by atoms with Gasteiger partial charge >= 0.3 is 0 Å². The minimum Gasteiger partial charge on any atom is -0.389 e. The molecule has 188 valence electrons. The van der Waals surface area contributed by atoms with Crippen LogP contribution >= 0.6 is 0 Å². The maximum atomic E-state index is 13.5. The summed E-state index contributed by atoms with van der Waals surface area (Å²) in [6.45, 7) is 8.45. The van der Waals surface area contributed by atoms with E-state index >= 15 is 0 Å². The van der Waals surface area contributed by atoms with Crippen molar-refractivity contribution in [1.82, 2.24) is 10.1 Å². The second-order valence-corrected chi connectivity index (χ2v) is 9.76. The smallest absolute Gasteiger partial charge is 0.232 e. The molecule has 1 saturated heterocycles. The van der Waals surface area contributed by atoms with Crippen LogP contribution in [0.25, 0.3) is 11.3 Å². The fourth-order valence-corrected chi connectivity index (χ4v) is 4.48. The molecule has 6 nitrogen and oxygen atoms in total. The van der Waals surface area contributed by atoms with E-state index < -0.39 is 6.10 Å². The number of nitrogens with zero attached hydrogens (tertiary/aromatic N) is 3. The van der Waals surface area contributed by atoms with E-state index in [0.29, 0.717) is 32.2 Å². The molecular weight excluding hydrogens is 445 g/mol. The highest BCUT2D eigenvalue weighted by atomic mass is 19.1. The number of aromatic nitrogens is 1. The molecule has 1 atom stereocenters. The van der Waals surface area contributed by atoms with E-state index in [1.807, 2.05) is 30.3 Å². The van der Waals surface area contributed by atoms with E-state index in [9.17, 15) is 9.50 Å². The van der Waals surface area contributed by atoms with E-state index in [0.717, 1.165) is 54.2 Å². The predicted octanol–water partition coefficient (Wildman–Crippen LogP) is 5.12. The van der Waals surface area contributed by atoms with Gasteiger partial charge in [-0.1, -0.05) is 61.5 Å². The Morgan fingerprint density at radius 1 is 1.03 bits per heavy atom. The van der Waals surface area contributed by atoms with E-state index in [1.54, 1.807) is 12.1 Å². The molecule has 1 aliphatic rings. The van der Waals surface area contributed by atoms with Crippen LogP contribution in [0, 0.1) is 11.7 Å². The maximum Gasteiger partial charge on any atom is 0.232 e. The number of hydrogen-bond acceptors (Lipinski definition) is 6. The van der Waals surface area contributed by atoms with Crippen molar-refractivity contribution in [1.29, 1.82) is 0 Å². The molecule has 0 saturated carbocycles. The highest BCUT2D eigenvalue weighted by Crippen LogP contribution is 2.34. The normalized spacial score (nSPS) is 14.9. The molecule has 1 fully saturated rings. The third-order valence-electron chi connectivity index (χ3n) is 6.14. The first-order valence-electron chi connectivity index (χ1n) is 12.5. The van der Waals surface area contributed by atoms with Crippen LogP contribution in [-0.2, 0) is 17.8 Å². The molecule has 0 bridgehead atoms. The number of anilines is 1. The summed E-state index contributed by atoms with van der Waals surface area (Å²) in [5.41, 5.74) is 3.80. The van der Waals surface area contributed by atoms with Crippen molar-refractivity contribution < 1.29 is 18.8 Å². The third kappa shape index (κ3) is 7.13. The Hall–Kier alpha value is -2.74. The van der Waals surface area contributed by atoms with Crippen LogP contribution < -0.4 is 4.90 Å². The third-order valence-corrected chi connectivity index (χ3v) is 6.14. The average molecular weight is 482 g/mol. The lowest BCUT2D eigenvalue weighted by molar-refractivity contribution is 0.00556. The Morgan fingerprint density at radius 3 is 2.43 bits per heavy atom. The molecule has 1 N–H and O–H groups in total. The summed E-state index contributed by atoms with van der Waals surface area (Å²) >= 11 is 0. The quantitative estimate of drug-likeness (QED) is 0.388. The summed E-state index contributed by atoms with van der Waals surface area (Å²) in [6, 6.07) is 16.6. The van der Waals surface area contributed by atoms with Crippen LogP contribution in [0.15, 0.2) is 59.1 Å². The van der Waals surface area contributed by atoms with Crippen molar-refractivity contribution >= 4 is 5.88 Å². The fraction of sp³-hybridized carbons (Fsp3) is 0.464. The number of aliphatic hydroxyl groups is 1. The van der Waals surface area contributed by atoms with Gasteiger partial charge < -0.3 is 19.3 Å². The van der Waals surface area contributed by atoms with Gasteiger partial charge in [-0.3, -0.25) is 4.90 Å². The van der Waals surface area contributed by atoms with Gasteiger partial charge in [-0.05, 0) is 36.5 Å². The first-order chi connectivity index (χ1) is 17.0. The minimum atomic E-state index is -0.649. The van der Waals surface area contributed by atoms with E-state index in [4.69, 9.17) is 9.26 Å². The number of halogens is 1. The summed E-state index contributed by atoms with van der Waals surface area (Å²) in [6.07, 6.45) is 1.61. The van der Waals surface area contributed by atoms with Gasteiger partial charge in [0, 0.05) is 44.9 Å². The molecule has 2 aromatic carbocycles. The molecular formula is C28H36FN3O3. The highest BCUT2D eigenvalue weighted by molar-refractivity contribution is 5.68. The summed E-state index contributed by atoms with van der Waals surface area (Å²) < 4.78 is 25.1. The zero-order chi connectivity index (χ0) is 24.6. The molecule has 0 radical (unpaired) electrons. The van der Waals surface area contributed by atoms with Crippen molar-refractivity contribution in [2.24, 2.45) is 5.92 Å². The maximum absolute atomic E-state index is 13.5. The lowest BCUT2D eigenvalue weighted by Gasteiger charge is -2.26. The van der Waals surface area contributed by atoms with Crippen molar-refractivity contribution in [2.45, 2.75) is 45.9 Å². The topological polar surface area (TPSA) is 62.0 Å².